The van der Waals surface area contributed by atoms with Crippen LogP contribution in [0, 0.1) is 0 Å². The van der Waals surface area contributed by atoms with E-state index in [1.165, 1.54) is 0 Å². The molecule has 1 aliphatic rings. The Morgan fingerprint density at radius 1 is 1.37 bits per heavy atom. The van der Waals surface area contributed by atoms with Crippen molar-refractivity contribution < 1.29 is 4.79 Å². The number of carbonyl (C=O) groups is 1. The van der Waals surface area contributed by atoms with Gasteiger partial charge in [0.15, 0.2) is 0 Å². The van der Waals surface area contributed by atoms with Gasteiger partial charge in [-0.05, 0) is 26.0 Å². The van der Waals surface area contributed by atoms with E-state index in [9.17, 15) is 4.79 Å². The number of aromatic nitrogens is 1. The zero-order valence-electron chi connectivity index (χ0n) is 12.5. The lowest BCUT2D eigenvalue weighted by molar-refractivity contribution is 0.0650. The third kappa shape index (κ3) is 2.78. The molecule has 1 aromatic rings. The molecule has 4 nitrogen and oxygen atoms in total. The molecule has 0 unspecified atom stereocenters. The van der Waals surface area contributed by atoms with Gasteiger partial charge in [0, 0.05) is 18.9 Å². The summed E-state index contributed by atoms with van der Waals surface area (Å²) in [5, 5.41) is 0. The van der Waals surface area contributed by atoms with E-state index in [0.717, 1.165) is 5.70 Å². The van der Waals surface area contributed by atoms with Crippen LogP contribution in [0.4, 0.5) is 0 Å². The minimum Gasteiger partial charge on any atom is -0.359 e. The zero-order valence-corrected chi connectivity index (χ0v) is 12.5. The number of likely N-dealkylation sites (N-methyl/N-ethyl adjacent to an activating group) is 1. The van der Waals surface area contributed by atoms with Gasteiger partial charge in [0.05, 0.1) is 12.2 Å². The fourth-order valence-electron chi connectivity index (χ4n) is 2.04. The molecule has 1 aliphatic heterocycles. The Morgan fingerprint density at radius 2 is 2.00 bits per heavy atom. The molecule has 1 amide bonds. The van der Waals surface area contributed by atoms with Crippen molar-refractivity contribution in [2.45, 2.75) is 33.2 Å². The average Bonchev–Trinajstić information content (AvgIpc) is 2.64. The zero-order chi connectivity index (χ0) is 14.6. The minimum atomic E-state index is -0.358. The van der Waals surface area contributed by atoms with E-state index in [4.69, 9.17) is 0 Å². The largest absolute Gasteiger partial charge is 0.359 e. The van der Waals surface area contributed by atoms with E-state index in [1.807, 2.05) is 45.7 Å². The maximum Gasteiger partial charge on any atom is 0.274 e. The Morgan fingerprint density at radius 3 is 2.42 bits per heavy atom. The Labute approximate surface area is 115 Å². The van der Waals surface area contributed by atoms with Gasteiger partial charge < -0.3 is 9.80 Å². The van der Waals surface area contributed by atoms with Gasteiger partial charge in [0.2, 0.25) is 0 Å². The molecule has 1 fully saturated rings. The molecule has 0 N–H and O–H groups in total. The molecule has 104 valence electrons. The summed E-state index contributed by atoms with van der Waals surface area (Å²) >= 11 is 0. The van der Waals surface area contributed by atoms with Gasteiger partial charge >= 0.3 is 0 Å². The summed E-state index contributed by atoms with van der Waals surface area (Å²) in [6.45, 7) is 12.6. The summed E-state index contributed by atoms with van der Waals surface area (Å²) in [5.41, 5.74) is 1.06. The van der Waals surface area contributed by atoms with Crippen molar-refractivity contribution in [3.05, 3.63) is 42.4 Å². The standard InChI is InChI=1S/C13H17N3O.C2H6/c1-10-13(2,3)16(9-15(10)4)12(17)11-7-5-6-8-14-11;1-2/h5-8H,1,9H2,2-4H3;1-2H3. The highest BCUT2D eigenvalue weighted by atomic mass is 16.2. The monoisotopic (exact) mass is 261 g/mol. The molecular formula is C15H23N3O. The van der Waals surface area contributed by atoms with E-state index in [1.54, 1.807) is 23.2 Å². The Bertz CT molecular complexity index is 454. The summed E-state index contributed by atoms with van der Waals surface area (Å²) in [6, 6.07) is 5.36. The second-order valence-electron chi connectivity index (χ2n) is 4.79. The molecule has 4 heteroatoms. The number of amides is 1. The Kier molecular flexibility index (Phi) is 4.70. The molecular weight excluding hydrogens is 238 g/mol. The highest BCUT2D eigenvalue weighted by Gasteiger charge is 2.42. The average molecular weight is 261 g/mol. The van der Waals surface area contributed by atoms with Crippen molar-refractivity contribution >= 4 is 5.91 Å². The van der Waals surface area contributed by atoms with Crippen LogP contribution in [-0.2, 0) is 0 Å². The highest BCUT2D eigenvalue weighted by Crippen LogP contribution is 2.32. The Hall–Kier alpha value is -1.84. The fraction of sp³-hybridized carbons (Fsp3) is 0.467. The highest BCUT2D eigenvalue weighted by molar-refractivity contribution is 5.93. The summed E-state index contributed by atoms with van der Waals surface area (Å²) in [7, 11) is 1.94. The van der Waals surface area contributed by atoms with Crippen molar-refractivity contribution in [1.29, 1.82) is 0 Å². The quantitative estimate of drug-likeness (QED) is 0.780. The van der Waals surface area contributed by atoms with E-state index in [2.05, 4.69) is 11.6 Å². The van der Waals surface area contributed by atoms with Crippen LogP contribution >= 0.6 is 0 Å². The van der Waals surface area contributed by atoms with Gasteiger partial charge in [-0.25, -0.2) is 0 Å². The van der Waals surface area contributed by atoms with Crippen LogP contribution in [0.1, 0.15) is 38.2 Å². The lowest BCUT2D eigenvalue weighted by Crippen LogP contribution is -2.43. The van der Waals surface area contributed by atoms with Crippen molar-refractivity contribution in [2.75, 3.05) is 13.7 Å². The van der Waals surface area contributed by atoms with Crippen molar-refractivity contribution in [3.63, 3.8) is 0 Å². The van der Waals surface area contributed by atoms with Gasteiger partial charge in [0.25, 0.3) is 5.91 Å². The summed E-state index contributed by atoms with van der Waals surface area (Å²) < 4.78 is 0. The molecule has 0 aromatic carbocycles. The van der Waals surface area contributed by atoms with Crippen molar-refractivity contribution in [3.8, 4) is 0 Å². The van der Waals surface area contributed by atoms with E-state index >= 15 is 0 Å². The second kappa shape index (κ2) is 5.87. The van der Waals surface area contributed by atoms with E-state index < -0.39 is 0 Å². The molecule has 0 atom stereocenters. The maximum atomic E-state index is 12.3. The fourth-order valence-corrected chi connectivity index (χ4v) is 2.04. The first-order valence-electron chi connectivity index (χ1n) is 6.58. The van der Waals surface area contributed by atoms with Crippen LogP contribution in [0.25, 0.3) is 0 Å². The van der Waals surface area contributed by atoms with Gasteiger partial charge in [0.1, 0.15) is 5.69 Å². The van der Waals surface area contributed by atoms with Crippen molar-refractivity contribution in [1.82, 2.24) is 14.8 Å². The van der Waals surface area contributed by atoms with Gasteiger partial charge in [-0.15, -0.1) is 0 Å². The van der Waals surface area contributed by atoms with Crippen LogP contribution in [0.2, 0.25) is 0 Å². The lowest BCUT2D eigenvalue weighted by atomic mass is 10.0. The number of hydrogen-bond acceptors (Lipinski definition) is 3. The van der Waals surface area contributed by atoms with Crippen molar-refractivity contribution in [2.24, 2.45) is 0 Å². The molecule has 0 spiro atoms. The Balaban J connectivity index is 0.000000861. The molecule has 1 saturated heterocycles. The van der Waals surface area contributed by atoms with E-state index in [-0.39, 0.29) is 11.4 Å². The minimum absolute atomic E-state index is 0.0545. The number of nitrogens with zero attached hydrogens (tertiary/aromatic N) is 3. The summed E-state index contributed by atoms with van der Waals surface area (Å²) in [4.78, 5) is 20.2. The number of carbonyl (C=O) groups excluding carboxylic acids is 1. The summed E-state index contributed by atoms with van der Waals surface area (Å²) in [5.74, 6) is -0.0545. The first kappa shape index (κ1) is 15.2. The van der Waals surface area contributed by atoms with Crippen LogP contribution in [-0.4, -0.2) is 39.9 Å². The van der Waals surface area contributed by atoms with Crippen LogP contribution in [0.5, 0.6) is 0 Å². The normalized spacial score (nSPS) is 17.0. The molecule has 2 heterocycles. The molecule has 0 bridgehead atoms. The first-order chi connectivity index (χ1) is 8.94. The number of rotatable bonds is 1. The van der Waals surface area contributed by atoms with Gasteiger partial charge in [-0.2, -0.15) is 0 Å². The molecule has 2 rings (SSSR count). The van der Waals surface area contributed by atoms with Crippen LogP contribution < -0.4 is 0 Å². The van der Waals surface area contributed by atoms with Crippen LogP contribution in [0.3, 0.4) is 0 Å². The van der Waals surface area contributed by atoms with Crippen LogP contribution in [0.15, 0.2) is 36.7 Å². The second-order valence-corrected chi connectivity index (χ2v) is 4.79. The lowest BCUT2D eigenvalue weighted by Gasteiger charge is -2.30. The smallest absolute Gasteiger partial charge is 0.274 e. The SMILES string of the molecule is C=C1N(C)CN(C(=O)c2ccccn2)C1(C)C.CC. The molecule has 0 radical (unpaired) electrons. The maximum absolute atomic E-state index is 12.3. The van der Waals surface area contributed by atoms with Gasteiger partial charge in [-0.3, -0.25) is 9.78 Å². The van der Waals surface area contributed by atoms with Gasteiger partial charge in [-0.1, -0.05) is 26.5 Å². The third-order valence-corrected chi connectivity index (χ3v) is 3.32. The molecule has 19 heavy (non-hydrogen) atoms. The third-order valence-electron chi connectivity index (χ3n) is 3.32. The number of pyridine rings is 1. The number of hydrogen-bond donors (Lipinski definition) is 0. The molecule has 0 aliphatic carbocycles. The van der Waals surface area contributed by atoms with E-state index in [0.29, 0.717) is 12.4 Å². The first-order valence-corrected chi connectivity index (χ1v) is 6.58. The topological polar surface area (TPSA) is 36.4 Å². The molecule has 0 saturated carbocycles. The summed E-state index contributed by atoms with van der Waals surface area (Å²) in [6.07, 6.45) is 1.63. The predicted molar refractivity (Wildman–Crippen MR) is 77.6 cm³/mol. The predicted octanol–water partition coefficient (Wildman–Crippen LogP) is 2.75. The molecule has 1 aromatic heterocycles.